The second kappa shape index (κ2) is 14.3. The van der Waals surface area contributed by atoms with Crippen LogP contribution >= 0.6 is 16.9 Å². The predicted octanol–water partition coefficient (Wildman–Crippen LogP) is 4.79. The van der Waals surface area contributed by atoms with Crippen molar-refractivity contribution in [3.63, 3.8) is 0 Å². The van der Waals surface area contributed by atoms with E-state index in [0.29, 0.717) is 31.7 Å². The van der Waals surface area contributed by atoms with Gasteiger partial charge in [-0.1, -0.05) is 6.08 Å². The Morgan fingerprint density at radius 1 is 1.04 bits per heavy atom. The van der Waals surface area contributed by atoms with Crippen molar-refractivity contribution < 1.29 is 18.1 Å². The highest BCUT2D eigenvalue weighted by atomic mass is 31.2. The summed E-state index contributed by atoms with van der Waals surface area (Å²) in [5.74, 6) is 1.92. The first-order valence-corrected chi connectivity index (χ1v) is 10.1. The SMILES string of the molecule is COP(/C=C/CCOP(OCCC#N)N(C(C)C)C(C)C)OC. The highest BCUT2D eigenvalue weighted by molar-refractivity contribution is 7.50. The summed E-state index contributed by atoms with van der Waals surface area (Å²) < 4.78 is 24.3. The van der Waals surface area contributed by atoms with Crippen LogP contribution in [0.5, 0.6) is 0 Å². The Hall–Kier alpha value is -0.110. The maximum atomic E-state index is 8.67. The average Bonchev–Trinajstić information content (AvgIpc) is 2.50. The monoisotopic (exact) mass is 364 g/mol. The second-order valence-electron chi connectivity index (χ2n) is 5.20. The van der Waals surface area contributed by atoms with Gasteiger partial charge in [-0.15, -0.1) is 0 Å². The molecule has 23 heavy (non-hydrogen) atoms. The third-order valence-corrected chi connectivity index (χ3v) is 6.02. The molecule has 8 heteroatoms. The van der Waals surface area contributed by atoms with Gasteiger partial charge in [0.25, 0.3) is 8.53 Å². The fourth-order valence-corrected chi connectivity index (χ4v) is 4.19. The topological polar surface area (TPSA) is 64.0 Å². The van der Waals surface area contributed by atoms with E-state index < -0.39 is 16.9 Å². The van der Waals surface area contributed by atoms with E-state index in [9.17, 15) is 0 Å². The van der Waals surface area contributed by atoms with Gasteiger partial charge in [0.2, 0.25) is 0 Å². The van der Waals surface area contributed by atoms with Crippen LogP contribution in [0.15, 0.2) is 11.9 Å². The molecule has 0 saturated carbocycles. The molecule has 134 valence electrons. The quantitative estimate of drug-likeness (QED) is 0.346. The molecule has 0 heterocycles. The van der Waals surface area contributed by atoms with Gasteiger partial charge in [-0.05, 0) is 39.9 Å². The zero-order valence-electron chi connectivity index (χ0n) is 15.1. The van der Waals surface area contributed by atoms with Gasteiger partial charge in [-0.2, -0.15) is 5.26 Å². The van der Waals surface area contributed by atoms with Gasteiger partial charge in [0.15, 0.2) is 8.38 Å². The zero-order chi connectivity index (χ0) is 17.7. The third kappa shape index (κ3) is 10.4. The van der Waals surface area contributed by atoms with Crippen LogP contribution in [-0.2, 0) is 18.1 Å². The number of hydrogen-bond acceptors (Lipinski definition) is 6. The summed E-state index contributed by atoms with van der Waals surface area (Å²) in [6.45, 7) is 9.44. The fraction of sp³-hybridized carbons (Fsp3) is 0.800. The molecule has 1 atom stereocenters. The average molecular weight is 364 g/mol. The Morgan fingerprint density at radius 3 is 2.09 bits per heavy atom. The fourth-order valence-electron chi connectivity index (χ4n) is 1.87. The molecule has 0 aliphatic heterocycles. The summed E-state index contributed by atoms with van der Waals surface area (Å²) in [5.41, 5.74) is 0. The molecule has 0 aliphatic carbocycles. The van der Waals surface area contributed by atoms with Crippen LogP contribution in [-0.4, -0.2) is 44.2 Å². The van der Waals surface area contributed by atoms with Crippen molar-refractivity contribution in [1.29, 1.82) is 5.26 Å². The van der Waals surface area contributed by atoms with E-state index in [2.05, 4.69) is 38.4 Å². The van der Waals surface area contributed by atoms with Gasteiger partial charge in [-0.3, -0.25) is 0 Å². The molecule has 0 fully saturated rings. The van der Waals surface area contributed by atoms with Gasteiger partial charge >= 0.3 is 0 Å². The summed E-state index contributed by atoms with van der Waals surface area (Å²) in [5, 5.41) is 8.67. The highest BCUT2D eigenvalue weighted by Crippen LogP contribution is 2.46. The van der Waals surface area contributed by atoms with Crippen LogP contribution < -0.4 is 0 Å². The molecule has 0 aromatic carbocycles. The van der Waals surface area contributed by atoms with E-state index in [1.54, 1.807) is 14.2 Å². The van der Waals surface area contributed by atoms with Crippen LogP contribution in [0, 0.1) is 11.3 Å². The van der Waals surface area contributed by atoms with Crippen molar-refractivity contribution in [3.05, 3.63) is 11.9 Å². The molecule has 0 aliphatic rings. The van der Waals surface area contributed by atoms with Crippen molar-refractivity contribution in [3.8, 4) is 6.07 Å². The van der Waals surface area contributed by atoms with E-state index in [0.717, 1.165) is 6.42 Å². The molecular weight excluding hydrogens is 334 g/mol. The van der Waals surface area contributed by atoms with E-state index in [-0.39, 0.29) is 0 Å². The zero-order valence-corrected chi connectivity index (χ0v) is 16.8. The predicted molar refractivity (Wildman–Crippen MR) is 95.9 cm³/mol. The van der Waals surface area contributed by atoms with Gasteiger partial charge in [0.05, 0.1) is 25.7 Å². The molecule has 1 unspecified atom stereocenters. The van der Waals surface area contributed by atoms with Crippen molar-refractivity contribution in [2.75, 3.05) is 27.4 Å². The van der Waals surface area contributed by atoms with Crippen molar-refractivity contribution in [2.24, 2.45) is 0 Å². The summed E-state index contributed by atoms with van der Waals surface area (Å²) in [6, 6.07) is 2.72. The lowest BCUT2D eigenvalue weighted by molar-refractivity contribution is 0.178. The van der Waals surface area contributed by atoms with Crippen LogP contribution in [0.2, 0.25) is 0 Å². The van der Waals surface area contributed by atoms with Gasteiger partial charge in [0, 0.05) is 26.3 Å². The molecule has 0 rings (SSSR count). The van der Waals surface area contributed by atoms with Crippen LogP contribution in [0.4, 0.5) is 0 Å². The van der Waals surface area contributed by atoms with E-state index >= 15 is 0 Å². The molecule has 0 N–H and O–H groups in total. The molecule has 0 bridgehead atoms. The lowest BCUT2D eigenvalue weighted by atomic mass is 10.3. The maximum absolute atomic E-state index is 8.67. The summed E-state index contributed by atoms with van der Waals surface area (Å²) in [4.78, 5) is 0. The molecule has 0 radical (unpaired) electrons. The second-order valence-corrected chi connectivity index (χ2v) is 8.26. The molecule has 0 saturated heterocycles. The van der Waals surface area contributed by atoms with E-state index in [1.165, 1.54) is 0 Å². The summed E-state index contributed by atoms with van der Waals surface area (Å²) in [7, 11) is 1.15. The third-order valence-electron chi connectivity index (χ3n) is 2.74. The minimum absolute atomic E-state index is 0.313. The first-order valence-electron chi connectivity index (χ1n) is 7.73. The van der Waals surface area contributed by atoms with Crippen molar-refractivity contribution in [2.45, 2.75) is 52.6 Å². The molecule has 6 nitrogen and oxygen atoms in total. The Labute approximate surface area is 143 Å². The molecule has 0 spiro atoms. The van der Waals surface area contributed by atoms with Crippen LogP contribution in [0.1, 0.15) is 40.5 Å². The molecule has 0 aromatic heterocycles. The normalized spacial score (nSPS) is 13.6. The lowest BCUT2D eigenvalue weighted by Crippen LogP contribution is -2.33. The number of nitriles is 1. The number of nitrogens with zero attached hydrogens (tertiary/aromatic N) is 2. The Kier molecular flexibility index (Phi) is 14.2. The molecule has 0 aromatic rings. The Morgan fingerprint density at radius 2 is 1.61 bits per heavy atom. The smallest absolute Gasteiger partial charge is 0.259 e. The highest BCUT2D eigenvalue weighted by Gasteiger charge is 2.26. The summed E-state index contributed by atoms with van der Waals surface area (Å²) >= 11 is 0. The van der Waals surface area contributed by atoms with E-state index in [4.69, 9.17) is 23.4 Å². The first-order chi connectivity index (χ1) is 11.0. The number of hydrogen-bond donors (Lipinski definition) is 0. The largest absolute Gasteiger partial charge is 0.334 e. The van der Waals surface area contributed by atoms with Crippen molar-refractivity contribution in [1.82, 2.24) is 4.67 Å². The molecular formula is C15H30N2O4P2. The number of rotatable bonds is 13. The Balaban J connectivity index is 4.49. The van der Waals surface area contributed by atoms with E-state index in [1.807, 2.05) is 11.9 Å². The minimum Gasteiger partial charge on any atom is -0.334 e. The van der Waals surface area contributed by atoms with Crippen molar-refractivity contribution >= 4 is 16.9 Å². The van der Waals surface area contributed by atoms with Crippen LogP contribution in [0.3, 0.4) is 0 Å². The maximum Gasteiger partial charge on any atom is 0.259 e. The van der Waals surface area contributed by atoms with Gasteiger partial charge in [-0.25, -0.2) is 4.67 Å². The molecule has 0 amide bonds. The summed E-state index contributed by atoms with van der Waals surface area (Å²) in [6.07, 6.45) is 3.13. The van der Waals surface area contributed by atoms with Gasteiger partial charge < -0.3 is 18.1 Å². The Bertz CT molecular complexity index is 350. The standard InChI is InChI=1S/C15H30N2O4P2/c1-14(2)17(15(3)4)23(21-12-9-10-16)20-11-7-8-13-22(18-5)19-6/h8,13-15H,7,9,11-12H2,1-6H3/b13-8+. The van der Waals surface area contributed by atoms with Crippen LogP contribution in [0.25, 0.3) is 0 Å². The minimum atomic E-state index is -1.16. The first kappa shape index (κ1) is 22.9. The lowest BCUT2D eigenvalue weighted by Gasteiger charge is -2.35. The van der Waals surface area contributed by atoms with Gasteiger partial charge in [0.1, 0.15) is 0 Å².